The number of carbonyl (C=O) groups is 1. The topological polar surface area (TPSA) is 29.1 Å². The number of amides is 1. The molecule has 17 heavy (non-hydrogen) atoms. The molecule has 0 spiro atoms. The summed E-state index contributed by atoms with van der Waals surface area (Å²) in [5.41, 5.74) is -0.293. The predicted molar refractivity (Wildman–Crippen MR) is 63.2 cm³/mol. The van der Waals surface area contributed by atoms with Gasteiger partial charge < -0.3 is 5.32 Å². The van der Waals surface area contributed by atoms with Crippen LogP contribution >= 0.6 is 11.6 Å². The van der Waals surface area contributed by atoms with Crippen molar-refractivity contribution >= 4 is 17.5 Å². The normalized spacial score (nSPS) is 14.2. The molecule has 0 aromatic heterocycles. The fraction of sp³-hybridized carbons (Fsp3) is 0.417. The van der Waals surface area contributed by atoms with Gasteiger partial charge in [0.25, 0.3) is 5.91 Å². The molecule has 2 nitrogen and oxygen atoms in total. The smallest absolute Gasteiger partial charge is 0.254 e. The van der Waals surface area contributed by atoms with Gasteiger partial charge in [-0.2, -0.15) is 0 Å². The molecule has 2 unspecified atom stereocenters. The highest BCUT2D eigenvalue weighted by Gasteiger charge is 2.19. The summed E-state index contributed by atoms with van der Waals surface area (Å²) in [6, 6.07) is 3.30. The molecule has 0 aliphatic rings. The molecular formula is C12H14ClF2NO. The first-order valence-corrected chi connectivity index (χ1v) is 5.81. The third-order valence-corrected chi connectivity index (χ3v) is 3.14. The molecule has 0 bridgehead atoms. The van der Waals surface area contributed by atoms with Crippen LogP contribution in [-0.4, -0.2) is 17.8 Å². The number of hydrogen-bond acceptors (Lipinski definition) is 1. The van der Waals surface area contributed by atoms with Crippen molar-refractivity contribution < 1.29 is 13.6 Å². The molecule has 0 heterocycles. The van der Waals surface area contributed by atoms with Gasteiger partial charge in [0.2, 0.25) is 0 Å². The number of carbonyl (C=O) groups excluding carboxylic acids is 1. The average Bonchev–Trinajstić information content (AvgIpc) is 2.31. The van der Waals surface area contributed by atoms with E-state index in [2.05, 4.69) is 5.32 Å². The number of halogens is 3. The number of benzene rings is 1. The Morgan fingerprint density at radius 2 is 2.06 bits per heavy atom. The Balaban J connectivity index is 2.80. The van der Waals surface area contributed by atoms with Crippen LogP contribution in [0.25, 0.3) is 0 Å². The molecule has 2 atom stereocenters. The fourth-order valence-corrected chi connectivity index (χ4v) is 1.51. The van der Waals surface area contributed by atoms with Gasteiger partial charge in [0.05, 0.1) is 5.56 Å². The van der Waals surface area contributed by atoms with Gasteiger partial charge in [0.15, 0.2) is 11.6 Å². The average molecular weight is 262 g/mol. The second-order valence-corrected chi connectivity index (χ2v) is 4.30. The molecule has 94 valence electrons. The molecule has 1 rings (SSSR count). The standard InChI is InChI=1S/C12H14ClF2NO/c1-7(6-13)8(2)16-12(17)9-4-3-5-10(14)11(9)15/h3-5,7-8H,6H2,1-2H3,(H,16,17). The number of hydrogen-bond donors (Lipinski definition) is 1. The molecular weight excluding hydrogens is 248 g/mol. The number of nitrogens with one attached hydrogen (secondary N) is 1. The number of alkyl halides is 1. The van der Waals surface area contributed by atoms with Gasteiger partial charge in [0, 0.05) is 11.9 Å². The second-order valence-electron chi connectivity index (χ2n) is 4.00. The van der Waals surface area contributed by atoms with Crippen molar-refractivity contribution in [3.05, 3.63) is 35.4 Å². The van der Waals surface area contributed by atoms with Gasteiger partial charge in [-0.3, -0.25) is 4.79 Å². The fourth-order valence-electron chi connectivity index (χ4n) is 1.24. The summed E-state index contributed by atoms with van der Waals surface area (Å²) in [4.78, 5) is 11.7. The Bertz CT molecular complexity index is 411. The van der Waals surface area contributed by atoms with Gasteiger partial charge in [-0.05, 0) is 25.0 Å². The number of rotatable bonds is 4. The van der Waals surface area contributed by atoms with E-state index in [1.165, 1.54) is 12.1 Å². The molecule has 1 amide bonds. The highest BCUT2D eigenvalue weighted by molar-refractivity contribution is 6.18. The van der Waals surface area contributed by atoms with Crippen molar-refractivity contribution in [2.75, 3.05) is 5.88 Å². The van der Waals surface area contributed by atoms with E-state index in [1.54, 1.807) is 6.92 Å². The molecule has 0 saturated carbocycles. The zero-order valence-electron chi connectivity index (χ0n) is 9.64. The summed E-state index contributed by atoms with van der Waals surface area (Å²) in [6.45, 7) is 3.63. The van der Waals surface area contributed by atoms with E-state index in [-0.39, 0.29) is 17.5 Å². The SMILES string of the molecule is CC(CCl)C(C)NC(=O)c1cccc(F)c1F. The summed E-state index contributed by atoms with van der Waals surface area (Å²) in [5.74, 6) is -2.36. The van der Waals surface area contributed by atoms with Crippen LogP contribution in [0.2, 0.25) is 0 Å². The van der Waals surface area contributed by atoms with Crippen molar-refractivity contribution in [1.29, 1.82) is 0 Å². The van der Waals surface area contributed by atoms with Crippen molar-refractivity contribution in [2.45, 2.75) is 19.9 Å². The van der Waals surface area contributed by atoms with Crippen molar-refractivity contribution in [1.82, 2.24) is 5.32 Å². The van der Waals surface area contributed by atoms with E-state index >= 15 is 0 Å². The van der Waals surface area contributed by atoms with Gasteiger partial charge in [-0.15, -0.1) is 11.6 Å². The molecule has 1 N–H and O–H groups in total. The summed E-state index contributed by atoms with van der Waals surface area (Å²) in [6.07, 6.45) is 0. The molecule has 0 aliphatic heterocycles. The maximum absolute atomic E-state index is 13.3. The van der Waals surface area contributed by atoms with Gasteiger partial charge in [-0.25, -0.2) is 8.78 Å². The van der Waals surface area contributed by atoms with Crippen LogP contribution in [0, 0.1) is 17.6 Å². The minimum absolute atomic E-state index is 0.0530. The first-order chi connectivity index (χ1) is 7.97. The quantitative estimate of drug-likeness (QED) is 0.830. The minimum atomic E-state index is -1.13. The van der Waals surface area contributed by atoms with Crippen LogP contribution in [0.1, 0.15) is 24.2 Å². The molecule has 0 saturated heterocycles. The lowest BCUT2D eigenvalue weighted by molar-refractivity contribution is 0.0926. The molecule has 1 aromatic carbocycles. The lowest BCUT2D eigenvalue weighted by atomic mass is 10.1. The first kappa shape index (κ1) is 13.9. The Morgan fingerprint density at radius 1 is 1.41 bits per heavy atom. The van der Waals surface area contributed by atoms with Crippen LogP contribution in [0.3, 0.4) is 0 Å². The molecule has 0 fully saturated rings. The summed E-state index contributed by atoms with van der Waals surface area (Å²) >= 11 is 5.65. The van der Waals surface area contributed by atoms with E-state index in [0.29, 0.717) is 5.88 Å². The molecule has 1 aromatic rings. The lowest BCUT2D eigenvalue weighted by Gasteiger charge is -2.19. The largest absolute Gasteiger partial charge is 0.349 e. The third kappa shape index (κ3) is 3.40. The van der Waals surface area contributed by atoms with Crippen molar-refractivity contribution in [3.63, 3.8) is 0 Å². The van der Waals surface area contributed by atoms with Crippen molar-refractivity contribution in [3.8, 4) is 0 Å². The van der Waals surface area contributed by atoms with Crippen LogP contribution in [-0.2, 0) is 0 Å². The Kier molecular flexibility index (Phi) is 4.87. The van der Waals surface area contributed by atoms with Gasteiger partial charge >= 0.3 is 0 Å². The van der Waals surface area contributed by atoms with Gasteiger partial charge in [0.1, 0.15) is 0 Å². The summed E-state index contributed by atoms with van der Waals surface area (Å²) in [7, 11) is 0. The van der Waals surface area contributed by atoms with E-state index < -0.39 is 17.5 Å². The Hall–Kier alpha value is -1.16. The van der Waals surface area contributed by atoms with Crippen LogP contribution in [0.5, 0.6) is 0 Å². The first-order valence-electron chi connectivity index (χ1n) is 5.28. The highest BCUT2D eigenvalue weighted by atomic mass is 35.5. The zero-order chi connectivity index (χ0) is 13.0. The van der Waals surface area contributed by atoms with Gasteiger partial charge in [-0.1, -0.05) is 13.0 Å². The Morgan fingerprint density at radius 3 is 2.65 bits per heavy atom. The lowest BCUT2D eigenvalue weighted by Crippen LogP contribution is -2.38. The predicted octanol–water partition coefficient (Wildman–Crippen LogP) is 2.96. The van der Waals surface area contributed by atoms with Crippen LogP contribution < -0.4 is 5.32 Å². The van der Waals surface area contributed by atoms with E-state index in [9.17, 15) is 13.6 Å². The molecule has 0 radical (unpaired) electrons. The Labute approximate surface area is 104 Å². The van der Waals surface area contributed by atoms with E-state index in [0.717, 1.165) is 6.07 Å². The minimum Gasteiger partial charge on any atom is -0.349 e. The zero-order valence-corrected chi connectivity index (χ0v) is 10.4. The molecule has 5 heteroatoms. The third-order valence-electron chi connectivity index (χ3n) is 2.65. The van der Waals surface area contributed by atoms with Crippen LogP contribution in [0.4, 0.5) is 8.78 Å². The monoisotopic (exact) mass is 261 g/mol. The maximum atomic E-state index is 13.3. The van der Waals surface area contributed by atoms with Crippen LogP contribution in [0.15, 0.2) is 18.2 Å². The summed E-state index contributed by atoms with van der Waals surface area (Å²) < 4.78 is 26.2. The highest BCUT2D eigenvalue weighted by Crippen LogP contribution is 2.12. The van der Waals surface area contributed by atoms with Crippen molar-refractivity contribution in [2.24, 2.45) is 5.92 Å². The van der Waals surface area contributed by atoms with E-state index in [4.69, 9.17) is 11.6 Å². The second kappa shape index (κ2) is 5.96. The van der Waals surface area contributed by atoms with E-state index in [1.807, 2.05) is 6.92 Å². The maximum Gasteiger partial charge on any atom is 0.254 e. The molecule has 0 aliphatic carbocycles. The summed E-state index contributed by atoms with van der Waals surface area (Å²) in [5, 5.41) is 2.58.